The molecule has 0 aromatic rings. The predicted molar refractivity (Wildman–Crippen MR) is 76.4 cm³/mol. The van der Waals surface area contributed by atoms with Crippen LogP contribution in [-0.4, -0.2) is 36.6 Å². The second-order valence-corrected chi connectivity index (χ2v) is 5.82. The fourth-order valence-corrected chi connectivity index (χ4v) is 2.83. The maximum atomic E-state index is 3.64. The van der Waals surface area contributed by atoms with Gasteiger partial charge in [0.2, 0.25) is 0 Å². The number of rotatable bonds is 7. The molecule has 0 spiro atoms. The molecule has 1 rings (SSSR count). The predicted octanol–water partition coefficient (Wildman–Crippen LogP) is 3.28. The van der Waals surface area contributed by atoms with Crippen molar-refractivity contribution in [1.82, 2.24) is 10.2 Å². The molecule has 0 radical (unpaired) electrons. The highest BCUT2D eigenvalue weighted by Crippen LogP contribution is 2.19. The first kappa shape index (κ1) is 15.0. The van der Waals surface area contributed by atoms with Crippen LogP contribution >= 0.6 is 0 Å². The Balaban J connectivity index is 2.38. The summed E-state index contributed by atoms with van der Waals surface area (Å²) in [5.41, 5.74) is 0. The van der Waals surface area contributed by atoms with Gasteiger partial charge in [0.15, 0.2) is 0 Å². The van der Waals surface area contributed by atoms with Crippen LogP contribution in [0, 0.1) is 5.92 Å². The average molecular weight is 240 g/mol. The van der Waals surface area contributed by atoms with Crippen molar-refractivity contribution >= 4 is 0 Å². The molecule has 1 aliphatic heterocycles. The zero-order valence-electron chi connectivity index (χ0n) is 12.3. The van der Waals surface area contributed by atoms with E-state index in [1.807, 2.05) is 0 Å². The maximum absolute atomic E-state index is 3.64. The van der Waals surface area contributed by atoms with Crippen molar-refractivity contribution in [3.05, 3.63) is 0 Å². The monoisotopic (exact) mass is 240 g/mol. The molecule has 0 aromatic heterocycles. The summed E-state index contributed by atoms with van der Waals surface area (Å²) < 4.78 is 0. The van der Waals surface area contributed by atoms with E-state index in [1.165, 1.54) is 51.7 Å². The Bertz CT molecular complexity index is 193. The smallest absolute Gasteiger partial charge is 0.0246 e. The third-order valence-electron chi connectivity index (χ3n) is 4.25. The largest absolute Gasteiger partial charge is 0.311 e. The van der Waals surface area contributed by atoms with Crippen molar-refractivity contribution in [2.45, 2.75) is 71.9 Å². The quantitative estimate of drug-likeness (QED) is 0.687. The fourth-order valence-electron chi connectivity index (χ4n) is 2.83. The standard InChI is InChI=1S/C15H32N2/c1-5-7-8-9-10-17-12-14(4)16-11-15(17)13(3)6-2/h13-16H,5-12H2,1-4H3. The van der Waals surface area contributed by atoms with E-state index >= 15 is 0 Å². The first-order valence-electron chi connectivity index (χ1n) is 7.66. The molecular weight excluding hydrogens is 208 g/mol. The SMILES string of the molecule is CCCCCCN1CC(C)NCC1C(C)CC. The van der Waals surface area contributed by atoms with Gasteiger partial charge in [0.25, 0.3) is 0 Å². The normalized spacial score (nSPS) is 28.2. The Hall–Kier alpha value is -0.0800. The molecule has 0 aliphatic carbocycles. The van der Waals surface area contributed by atoms with Crippen LogP contribution in [0.4, 0.5) is 0 Å². The average Bonchev–Trinajstić information content (AvgIpc) is 2.34. The number of piperazine rings is 1. The van der Waals surface area contributed by atoms with Gasteiger partial charge in [-0.25, -0.2) is 0 Å². The third-order valence-corrected chi connectivity index (χ3v) is 4.25. The molecule has 3 unspecified atom stereocenters. The van der Waals surface area contributed by atoms with Crippen molar-refractivity contribution in [3.63, 3.8) is 0 Å². The molecule has 1 fully saturated rings. The Morgan fingerprint density at radius 3 is 2.65 bits per heavy atom. The number of unbranched alkanes of at least 4 members (excludes halogenated alkanes) is 3. The van der Waals surface area contributed by atoms with Crippen LogP contribution in [-0.2, 0) is 0 Å². The van der Waals surface area contributed by atoms with Gasteiger partial charge in [0, 0.05) is 25.2 Å². The molecular formula is C15H32N2. The number of nitrogens with zero attached hydrogens (tertiary/aromatic N) is 1. The van der Waals surface area contributed by atoms with Crippen LogP contribution in [0.2, 0.25) is 0 Å². The molecule has 3 atom stereocenters. The van der Waals surface area contributed by atoms with E-state index in [1.54, 1.807) is 0 Å². The van der Waals surface area contributed by atoms with E-state index in [0.717, 1.165) is 12.0 Å². The summed E-state index contributed by atoms with van der Waals surface area (Å²) in [4.78, 5) is 2.74. The second kappa shape index (κ2) is 8.10. The Kier molecular flexibility index (Phi) is 7.14. The first-order valence-corrected chi connectivity index (χ1v) is 7.66. The van der Waals surface area contributed by atoms with Crippen LogP contribution < -0.4 is 5.32 Å². The van der Waals surface area contributed by atoms with E-state index in [-0.39, 0.29) is 0 Å². The third kappa shape index (κ3) is 4.97. The minimum absolute atomic E-state index is 0.668. The molecule has 0 bridgehead atoms. The number of hydrogen-bond donors (Lipinski definition) is 1. The summed E-state index contributed by atoms with van der Waals surface area (Å²) in [6, 6.07) is 1.43. The van der Waals surface area contributed by atoms with E-state index in [9.17, 15) is 0 Å². The van der Waals surface area contributed by atoms with Gasteiger partial charge in [-0.1, -0.05) is 46.5 Å². The molecule has 2 heteroatoms. The molecule has 2 nitrogen and oxygen atoms in total. The lowest BCUT2D eigenvalue weighted by molar-refractivity contribution is 0.0937. The molecule has 1 saturated heterocycles. The lowest BCUT2D eigenvalue weighted by Crippen LogP contribution is -2.57. The molecule has 0 amide bonds. The number of hydrogen-bond acceptors (Lipinski definition) is 2. The van der Waals surface area contributed by atoms with E-state index in [4.69, 9.17) is 0 Å². The van der Waals surface area contributed by atoms with Gasteiger partial charge >= 0.3 is 0 Å². The Morgan fingerprint density at radius 1 is 1.24 bits per heavy atom. The topological polar surface area (TPSA) is 15.3 Å². The highest BCUT2D eigenvalue weighted by molar-refractivity contribution is 4.86. The van der Waals surface area contributed by atoms with Gasteiger partial charge < -0.3 is 5.32 Å². The maximum Gasteiger partial charge on any atom is 0.0246 e. The van der Waals surface area contributed by atoms with Gasteiger partial charge in [-0.15, -0.1) is 0 Å². The zero-order chi connectivity index (χ0) is 12.7. The highest BCUT2D eigenvalue weighted by atomic mass is 15.2. The summed E-state index contributed by atoms with van der Waals surface area (Å²) in [5.74, 6) is 0.821. The minimum atomic E-state index is 0.668. The van der Waals surface area contributed by atoms with Gasteiger partial charge in [0.1, 0.15) is 0 Å². The van der Waals surface area contributed by atoms with Crippen molar-refractivity contribution in [3.8, 4) is 0 Å². The summed E-state index contributed by atoms with van der Waals surface area (Å²) in [5, 5.41) is 3.64. The molecule has 0 saturated carbocycles. The molecule has 1 aliphatic rings. The minimum Gasteiger partial charge on any atom is -0.311 e. The summed E-state index contributed by atoms with van der Waals surface area (Å²) in [7, 11) is 0. The molecule has 17 heavy (non-hydrogen) atoms. The second-order valence-electron chi connectivity index (χ2n) is 5.82. The van der Waals surface area contributed by atoms with Gasteiger partial charge in [-0.05, 0) is 25.8 Å². The molecule has 102 valence electrons. The van der Waals surface area contributed by atoms with Crippen molar-refractivity contribution in [2.75, 3.05) is 19.6 Å². The molecule has 1 heterocycles. The Labute approximate surface area is 108 Å². The number of nitrogens with one attached hydrogen (secondary N) is 1. The summed E-state index contributed by atoms with van der Waals surface area (Å²) in [6.07, 6.45) is 6.82. The van der Waals surface area contributed by atoms with Crippen LogP contribution in [0.25, 0.3) is 0 Å². The first-order chi connectivity index (χ1) is 8.19. The summed E-state index contributed by atoms with van der Waals surface area (Å²) >= 11 is 0. The van der Waals surface area contributed by atoms with E-state index in [2.05, 4.69) is 37.9 Å². The van der Waals surface area contributed by atoms with Gasteiger partial charge in [-0.2, -0.15) is 0 Å². The van der Waals surface area contributed by atoms with E-state index < -0.39 is 0 Å². The van der Waals surface area contributed by atoms with Crippen LogP contribution in [0.3, 0.4) is 0 Å². The Morgan fingerprint density at radius 2 is 2.00 bits per heavy atom. The fraction of sp³-hybridized carbons (Fsp3) is 1.00. The molecule has 1 N–H and O–H groups in total. The zero-order valence-corrected chi connectivity index (χ0v) is 12.3. The highest BCUT2D eigenvalue weighted by Gasteiger charge is 2.28. The van der Waals surface area contributed by atoms with Crippen LogP contribution in [0.15, 0.2) is 0 Å². The lowest BCUT2D eigenvalue weighted by Gasteiger charge is -2.42. The molecule has 0 aromatic carbocycles. The van der Waals surface area contributed by atoms with Crippen molar-refractivity contribution in [1.29, 1.82) is 0 Å². The van der Waals surface area contributed by atoms with E-state index in [0.29, 0.717) is 6.04 Å². The van der Waals surface area contributed by atoms with Crippen molar-refractivity contribution < 1.29 is 0 Å². The van der Waals surface area contributed by atoms with Gasteiger partial charge in [0.05, 0.1) is 0 Å². The van der Waals surface area contributed by atoms with Crippen LogP contribution in [0.5, 0.6) is 0 Å². The van der Waals surface area contributed by atoms with Gasteiger partial charge in [-0.3, -0.25) is 4.90 Å². The van der Waals surface area contributed by atoms with Crippen LogP contribution in [0.1, 0.15) is 59.8 Å². The summed E-state index contributed by atoms with van der Waals surface area (Å²) in [6.45, 7) is 13.0. The lowest BCUT2D eigenvalue weighted by atomic mass is 9.94. The van der Waals surface area contributed by atoms with Crippen molar-refractivity contribution in [2.24, 2.45) is 5.92 Å².